The number of nitrogens with zero attached hydrogens (tertiary/aromatic N) is 1. The molecule has 3 atom stereocenters. The predicted molar refractivity (Wildman–Crippen MR) is 85.2 cm³/mol. The Bertz CT molecular complexity index is 340. The van der Waals surface area contributed by atoms with Crippen LogP contribution in [0.5, 0.6) is 0 Å². The monoisotopic (exact) mass is 293 g/mol. The predicted octanol–water partition coefficient (Wildman–Crippen LogP) is 2.04. The van der Waals surface area contributed by atoms with Gasteiger partial charge < -0.3 is 15.5 Å². The van der Waals surface area contributed by atoms with Crippen LogP contribution in [0.1, 0.15) is 64.2 Å². The zero-order chi connectivity index (χ0) is 14.7. The minimum Gasteiger partial charge on any atom is -0.353 e. The van der Waals surface area contributed by atoms with Gasteiger partial charge in [-0.2, -0.15) is 0 Å². The molecule has 0 spiro atoms. The number of hydrogen-bond acceptors (Lipinski definition) is 3. The van der Waals surface area contributed by atoms with Crippen LogP contribution in [-0.2, 0) is 4.79 Å². The maximum Gasteiger partial charge on any atom is 0.220 e. The summed E-state index contributed by atoms with van der Waals surface area (Å²) in [4.78, 5) is 14.8. The van der Waals surface area contributed by atoms with E-state index >= 15 is 0 Å². The number of rotatable bonds is 4. The normalized spacial score (nSPS) is 37.2. The van der Waals surface area contributed by atoms with Crippen LogP contribution in [0.2, 0.25) is 0 Å². The second-order valence-electron chi connectivity index (χ2n) is 7.33. The van der Waals surface area contributed by atoms with Gasteiger partial charge in [-0.1, -0.05) is 12.8 Å². The first-order valence-corrected chi connectivity index (χ1v) is 8.97. The highest BCUT2D eigenvalue weighted by Crippen LogP contribution is 2.32. The van der Waals surface area contributed by atoms with Crippen molar-refractivity contribution in [2.75, 3.05) is 13.6 Å². The molecule has 3 fully saturated rings. The second-order valence-corrected chi connectivity index (χ2v) is 7.33. The van der Waals surface area contributed by atoms with Crippen molar-refractivity contribution in [2.45, 2.75) is 88.4 Å². The Morgan fingerprint density at radius 3 is 2.57 bits per heavy atom. The number of carbonyl (C=O) groups excluding carboxylic acids is 1. The van der Waals surface area contributed by atoms with Gasteiger partial charge in [-0.25, -0.2) is 0 Å². The van der Waals surface area contributed by atoms with E-state index in [0.29, 0.717) is 30.6 Å². The molecular weight excluding hydrogens is 262 g/mol. The molecule has 3 unspecified atom stereocenters. The third-order valence-corrected chi connectivity index (χ3v) is 5.84. The summed E-state index contributed by atoms with van der Waals surface area (Å²) in [5.74, 6) is 0.273. The standard InChI is InChI=1S/C17H31N3O/c1-20-15-6-4-7-16(20)12-14(11-15)19-17(21)9-8-13-5-2-3-10-18-13/h13-16,18H,2-12H2,1H3,(H,19,21). The minimum atomic E-state index is 0.273. The van der Waals surface area contributed by atoms with E-state index in [4.69, 9.17) is 0 Å². The van der Waals surface area contributed by atoms with E-state index in [-0.39, 0.29) is 5.91 Å². The molecule has 3 heterocycles. The molecule has 4 heteroatoms. The van der Waals surface area contributed by atoms with Gasteiger partial charge in [0, 0.05) is 30.6 Å². The molecule has 3 rings (SSSR count). The highest BCUT2D eigenvalue weighted by molar-refractivity contribution is 5.76. The Balaban J connectivity index is 1.40. The molecule has 3 aliphatic heterocycles. The minimum absolute atomic E-state index is 0.273. The van der Waals surface area contributed by atoms with Crippen molar-refractivity contribution in [3.05, 3.63) is 0 Å². The summed E-state index contributed by atoms with van der Waals surface area (Å²) in [7, 11) is 2.27. The Morgan fingerprint density at radius 1 is 1.14 bits per heavy atom. The van der Waals surface area contributed by atoms with E-state index in [1.165, 1.54) is 38.5 Å². The summed E-state index contributed by atoms with van der Waals surface area (Å²) in [6.45, 7) is 1.13. The Labute approximate surface area is 129 Å². The van der Waals surface area contributed by atoms with Gasteiger partial charge in [0.25, 0.3) is 0 Å². The van der Waals surface area contributed by atoms with Gasteiger partial charge in [-0.15, -0.1) is 0 Å². The fourth-order valence-corrected chi connectivity index (χ4v) is 4.51. The molecule has 2 bridgehead atoms. The molecule has 0 aromatic rings. The van der Waals surface area contributed by atoms with Crippen molar-refractivity contribution in [3.63, 3.8) is 0 Å². The van der Waals surface area contributed by atoms with E-state index in [1.54, 1.807) is 0 Å². The van der Waals surface area contributed by atoms with Crippen LogP contribution < -0.4 is 10.6 Å². The first-order chi connectivity index (χ1) is 10.2. The van der Waals surface area contributed by atoms with E-state index < -0.39 is 0 Å². The largest absolute Gasteiger partial charge is 0.353 e. The fourth-order valence-electron chi connectivity index (χ4n) is 4.51. The van der Waals surface area contributed by atoms with Crippen LogP contribution >= 0.6 is 0 Å². The van der Waals surface area contributed by atoms with Crippen molar-refractivity contribution in [1.82, 2.24) is 15.5 Å². The van der Waals surface area contributed by atoms with Gasteiger partial charge in [-0.05, 0) is 58.5 Å². The molecule has 0 saturated carbocycles. The second kappa shape index (κ2) is 7.10. The molecule has 3 aliphatic rings. The first kappa shape index (κ1) is 15.3. The van der Waals surface area contributed by atoms with Gasteiger partial charge in [0.1, 0.15) is 0 Å². The number of fused-ring (bicyclic) bond motifs is 2. The summed E-state index contributed by atoms with van der Waals surface area (Å²) < 4.78 is 0. The highest BCUT2D eigenvalue weighted by Gasteiger charge is 2.36. The lowest BCUT2D eigenvalue weighted by atomic mass is 9.82. The van der Waals surface area contributed by atoms with Crippen LogP contribution in [0, 0.1) is 0 Å². The van der Waals surface area contributed by atoms with Gasteiger partial charge >= 0.3 is 0 Å². The Hall–Kier alpha value is -0.610. The SMILES string of the molecule is CN1C2CCCC1CC(NC(=O)CCC1CCCCN1)C2. The molecule has 3 saturated heterocycles. The molecule has 0 aromatic carbocycles. The lowest BCUT2D eigenvalue weighted by molar-refractivity contribution is -0.122. The molecule has 2 N–H and O–H groups in total. The summed E-state index contributed by atoms with van der Waals surface area (Å²) in [5.41, 5.74) is 0. The molecule has 0 radical (unpaired) electrons. The van der Waals surface area contributed by atoms with E-state index in [1.807, 2.05) is 0 Å². The molecule has 21 heavy (non-hydrogen) atoms. The van der Waals surface area contributed by atoms with Crippen LogP contribution in [0.25, 0.3) is 0 Å². The summed E-state index contributed by atoms with van der Waals surface area (Å²) in [6, 6.07) is 2.38. The van der Waals surface area contributed by atoms with Crippen molar-refractivity contribution < 1.29 is 4.79 Å². The lowest BCUT2D eigenvalue weighted by Crippen LogP contribution is -2.55. The molecule has 120 valence electrons. The summed E-state index contributed by atoms with van der Waals surface area (Å²) >= 11 is 0. The van der Waals surface area contributed by atoms with Gasteiger partial charge in [-0.3, -0.25) is 4.79 Å². The lowest BCUT2D eigenvalue weighted by Gasteiger charge is -2.47. The van der Waals surface area contributed by atoms with Crippen LogP contribution in [-0.4, -0.2) is 48.6 Å². The molecule has 0 aliphatic carbocycles. The third kappa shape index (κ3) is 3.98. The average Bonchev–Trinajstić information content (AvgIpc) is 2.47. The molecule has 0 aromatic heterocycles. The third-order valence-electron chi connectivity index (χ3n) is 5.84. The summed E-state index contributed by atoms with van der Waals surface area (Å²) in [5, 5.41) is 6.84. The van der Waals surface area contributed by atoms with Gasteiger partial charge in [0.05, 0.1) is 0 Å². The topological polar surface area (TPSA) is 44.4 Å². The van der Waals surface area contributed by atoms with Crippen molar-refractivity contribution in [3.8, 4) is 0 Å². The maximum atomic E-state index is 12.2. The van der Waals surface area contributed by atoms with Crippen molar-refractivity contribution in [1.29, 1.82) is 0 Å². The molecule has 1 amide bonds. The smallest absolute Gasteiger partial charge is 0.220 e. The van der Waals surface area contributed by atoms with E-state index in [9.17, 15) is 4.79 Å². The van der Waals surface area contributed by atoms with Crippen LogP contribution in [0.3, 0.4) is 0 Å². The number of piperidine rings is 3. The van der Waals surface area contributed by atoms with E-state index in [0.717, 1.165) is 25.8 Å². The number of carbonyl (C=O) groups is 1. The molecular formula is C17H31N3O. The van der Waals surface area contributed by atoms with Crippen molar-refractivity contribution in [2.24, 2.45) is 0 Å². The highest BCUT2D eigenvalue weighted by atomic mass is 16.1. The zero-order valence-electron chi connectivity index (χ0n) is 13.4. The van der Waals surface area contributed by atoms with Crippen LogP contribution in [0.4, 0.5) is 0 Å². The van der Waals surface area contributed by atoms with E-state index in [2.05, 4.69) is 22.6 Å². The van der Waals surface area contributed by atoms with Crippen molar-refractivity contribution >= 4 is 5.91 Å². The maximum absolute atomic E-state index is 12.2. The van der Waals surface area contributed by atoms with Crippen LogP contribution in [0.15, 0.2) is 0 Å². The average molecular weight is 293 g/mol. The fraction of sp³-hybridized carbons (Fsp3) is 0.941. The quantitative estimate of drug-likeness (QED) is 0.834. The number of nitrogens with one attached hydrogen (secondary N) is 2. The summed E-state index contributed by atoms with van der Waals surface area (Å²) in [6.07, 6.45) is 11.8. The Morgan fingerprint density at radius 2 is 1.90 bits per heavy atom. The number of amides is 1. The number of hydrogen-bond donors (Lipinski definition) is 2. The van der Waals surface area contributed by atoms with Gasteiger partial charge in [0.2, 0.25) is 5.91 Å². The zero-order valence-corrected chi connectivity index (χ0v) is 13.4. The molecule has 4 nitrogen and oxygen atoms in total. The first-order valence-electron chi connectivity index (χ1n) is 8.97. The van der Waals surface area contributed by atoms with Gasteiger partial charge in [0.15, 0.2) is 0 Å². The Kier molecular flexibility index (Phi) is 5.17.